The van der Waals surface area contributed by atoms with Crippen LogP contribution >= 0.6 is 0 Å². The van der Waals surface area contributed by atoms with Gasteiger partial charge < -0.3 is 20.3 Å². The summed E-state index contributed by atoms with van der Waals surface area (Å²) in [5.74, 6) is -0.0282. The molecule has 0 bridgehead atoms. The first-order valence-electron chi connectivity index (χ1n) is 34.1. The molecule has 1 amide bonds. The predicted octanol–water partition coefficient (Wildman–Crippen LogP) is 21.8. The van der Waals surface area contributed by atoms with E-state index in [0.29, 0.717) is 25.9 Å². The van der Waals surface area contributed by atoms with E-state index in [2.05, 4.69) is 43.5 Å². The third kappa shape index (κ3) is 61.4. The minimum Gasteiger partial charge on any atom is -0.466 e. The monoisotopic (exact) mass is 1060 g/mol. The van der Waals surface area contributed by atoms with Crippen LogP contribution in [0.5, 0.6) is 0 Å². The number of aliphatic hydroxyl groups excluding tert-OH is 2. The lowest BCUT2D eigenvalue weighted by molar-refractivity contribution is -0.143. The first kappa shape index (κ1) is 73.3. The molecule has 6 nitrogen and oxygen atoms in total. The van der Waals surface area contributed by atoms with E-state index in [1.807, 2.05) is 0 Å². The molecule has 0 aliphatic heterocycles. The van der Waals surface area contributed by atoms with Gasteiger partial charge in [0.2, 0.25) is 5.91 Å². The van der Waals surface area contributed by atoms with Gasteiger partial charge in [-0.25, -0.2) is 0 Å². The Morgan fingerprint density at radius 1 is 0.360 bits per heavy atom. The highest BCUT2D eigenvalue weighted by Crippen LogP contribution is 2.18. The van der Waals surface area contributed by atoms with Gasteiger partial charge >= 0.3 is 5.97 Å². The Morgan fingerprint density at radius 3 is 0.947 bits per heavy atom. The average Bonchev–Trinajstić information content (AvgIpc) is 3.41. The van der Waals surface area contributed by atoms with Gasteiger partial charge in [0.15, 0.2) is 0 Å². The van der Waals surface area contributed by atoms with Crippen molar-refractivity contribution in [3.8, 4) is 0 Å². The van der Waals surface area contributed by atoms with Gasteiger partial charge in [-0.15, -0.1) is 0 Å². The van der Waals surface area contributed by atoms with Gasteiger partial charge in [-0.1, -0.05) is 314 Å². The maximum Gasteiger partial charge on any atom is 0.305 e. The van der Waals surface area contributed by atoms with Gasteiger partial charge in [0.1, 0.15) is 0 Å². The Morgan fingerprint density at radius 2 is 0.627 bits per heavy atom. The van der Waals surface area contributed by atoms with Crippen LogP contribution in [-0.4, -0.2) is 47.4 Å². The molecular weight excluding hydrogens is 923 g/mol. The lowest BCUT2D eigenvalue weighted by atomic mass is 10.0. The molecule has 0 rings (SSSR count). The van der Waals surface area contributed by atoms with Crippen molar-refractivity contribution < 1.29 is 24.5 Å². The van der Waals surface area contributed by atoms with Crippen molar-refractivity contribution in [1.29, 1.82) is 0 Å². The second-order valence-electron chi connectivity index (χ2n) is 23.5. The molecule has 0 aromatic heterocycles. The summed E-state index contributed by atoms with van der Waals surface area (Å²) in [4.78, 5) is 24.6. The minimum atomic E-state index is -0.666. The van der Waals surface area contributed by atoms with Crippen LogP contribution in [0.4, 0.5) is 0 Å². The van der Waals surface area contributed by atoms with Crippen LogP contribution in [0.1, 0.15) is 380 Å². The van der Waals surface area contributed by atoms with Gasteiger partial charge in [0.25, 0.3) is 0 Å². The maximum absolute atomic E-state index is 12.5. The van der Waals surface area contributed by atoms with E-state index in [1.165, 1.54) is 302 Å². The van der Waals surface area contributed by atoms with Crippen LogP contribution < -0.4 is 5.32 Å². The SMILES string of the molecule is CCCCCCCCC/C=C\CCCCCCCC(=O)OCCCCCCCCCCCCCC/C=C\CCCCCCCCCCCC(=O)NC(CO)C(O)CCCCCCCCCCCCCCCCCCC. The Balaban J connectivity index is 3.39. The molecule has 6 heteroatoms. The number of hydrogen-bond acceptors (Lipinski definition) is 5. The van der Waals surface area contributed by atoms with E-state index < -0.39 is 12.1 Å². The average molecular weight is 1060 g/mol. The molecule has 0 aliphatic carbocycles. The number of hydrogen-bond donors (Lipinski definition) is 3. The van der Waals surface area contributed by atoms with Crippen molar-refractivity contribution in [1.82, 2.24) is 5.32 Å². The second-order valence-corrected chi connectivity index (χ2v) is 23.5. The van der Waals surface area contributed by atoms with E-state index in [1.54, 1.807) is 0 Å². The molecule has 0 fully saturated rings. The summed E-state index contributed by atoms with van der Waals surface area (Å²) in [7, 11) is 0. The summed E-state index contributed by atoms with van der Waals surface area (Å²) in [6.45, 7) is 4.98. The molecule has 444 valence electrons. The molecule has 0 saturated carbocycles. The fourth-order valence-electron chi connectivity index (χ4n) is 10.7. The minimum absolute atomic E-state index is 0.00677. The van der Waals surface area contributed by atoms with Crippen molar-refractivity contribution in [3.63, 3.8) is 0 Å². The Hall–Kier alpha value is -1.66. The van der Waals surface area contributed by atoms with Gasteiger partial charge in [0, 0.05) is 12.8 Å². The number of carbonyl (C=O) groups is 2. The molecule has 0 radical (unpaired) electrons. The molecule has 0 spiro atoms. The summed E-state index contributed by atoms with van der Waals surface area (Å²) in [5.41, 5.74) is 0. The van der Waals surface area contributed by atoms with Gasteiger partial charge in [-0.2, -0.15) is 0 Å². The number of esters is 1. The molecule has 0 aromatic rings. The van der Waals surface area contributed by atoms with Crippen molar-refractivity contribution in [3.05, 3.63) is 24.3 Å². The number of rotatable bonds is 64. The van der Waals surface area contributed by atoms with E-state index in [4.69, 9.17) is 4.74 Å². The highest BCUT2D eigenvalue weighted by Gasteiger charge is 2.20. The number of nitrogens with one attached hydrogen (secondary N) is 1. The first-order valence-corrected chi connectivity index (χ1v) is 34.1. The van der Waals surface area contributed by atoms with Crippen molar-refractivity contribution in [2.45, 2.75) is 392 Å². The zero-order chi connectivity index (χ0) is 54.3. The fraction of sp³-hybridized carbons (Fsp3) is 0.913. The van der Waals surface area contributed by atoms with Crippen LogP contribution in [-0.2, 0) is 14.3 Å². The third-order valence-electron chi connectivity index (χ3n) is 16.0. The number of allylic oxidation sites excluding steroid dienone is 4. The summed E-state index contributed by atoms with van der Waals surface area (Å²) < 4.78 is 5.49. The Labute approximate surface area is 469 Å². The van der Waals surface area contributed by atoms with E-state index >= 15 is 0 Å². The third-order valence-corrected chi connectivity index (χ3v) is 16.0. The lowest BCUT2D eigenvalue weighted by Crippen LogP contribution is -2.45. The number of unbranched alkanes of at least 4 members (excludes halogenated alkanes) is 49. The van der Waals surface area contributed by atoms with Crippen molar-refractivity contribution >= 4 is 11.9 Å². The van der Waals surface area contributed by atoms with Gasteiger partial charge in [-0.3, -0.25) is 9.59 Å². The van der Waals surface area contributed by atoms with E-state index in [0.717, 1.165) is 44.9 Å². The van der Waals surface area contributed by atoms with Crippen LogP contribution in [0.2, 0.25) is 0 Å². The smallest absolute Gasteiger partial charge is 0.305 e. The lowest BCUT2D eigenvalue weighted by Gasteiger charge is -2.22. The van der Waals surface area contributed by atoms with E-state index in [9.17, 15) is 19.8 Å². The fourth-order valence-corrected chi connectivity index (χ4v) is 10.7. The number of aliphatic hydroxyl groups is 2. The summed E-state index contributed by atoms with van der Waals surface area (Å²) in [5, 5.41) is 23.4. The maximum atomic E-state index is 12.5. The predicted molar refractivity (Wildman–Crippen MR) is 329 cm³/mol. The van der Waals surface area contributed by atoms with Crippen LogP contribution in [0.25, 0.3) is 0 Å². The normalized spacial score (nSPS) is 12.6. The standard InChI is InChI=1S/C69H133NO5/c1-3-5-7-9-11-13-15-17-19-30-33-37-41-45-49-53-57-61-67(72)66(65-71)70-68(73)62-58-54-50-46-42-38-34-31-28-26-24-22-21-23-25-27-29-32-36-40-44-48-52-56-60-64-75-69(74)63-59-55-51-47-43-39-35-20-18-16-14-12-10-8-6-4-2/h20,22,24,35,66-67,71-72H,3-19,21,23,25-34,36-65H2,1-2H3,(H,70,73)/b24-22-,35-20-. The molecule has 75 heavy (non-hydrogen) atoms. The molecular formula is C69H133NO5. The Bertz CT molecular complexity index is 1170. The van der Waals surface area contributed by atoms with Gasteiger partial charge in [0.05, 0.1) is 25.4 Å². The number of carbonyl (C=O) groups excluding carboxylic acids is 2. The largest absolute Gasteiger partial charge is 0.466 e. The molecule has 0 heterocycles. The first-order chi connectivity index (χ1) is 37.0. The highest BCUT2D eigenvalue weighted by atomic mass is 16.5. The summed E-state index contributed by atoms with van der Waals surface area (Å²) >= 11 is 0. The Kier molecular flexibility index (Phi) is 63.4. The summed E-state index contributed by atoms with van der Waals surface area (Å²) in [6.07, 6.45) is 80.7. The number of amides is 1. The van der Waals surface area contributed by atoms with Gasteiger partial charge in [-0.05, 0) is 77.0 Å². The molecule has 3 N–H and O–H groups in total. The topological polar surface area (TPSA) is 95.9 Å². The number of ether oxygens (including phenoxy) is 1. The molecule has 0 aromatic carbocycles. The molecule has 2 unspecified atom stereocenters. The molecule has 0 aliphatic rings. The molecule has 0 saturated heterocycles. The quantitative estimate of drug-likeness (QED) is 0.0320. The van der Waals surface area contributed by atoms with Crippen molar-refractivity contribution in [2.75, 3.05) is 13.2 Å². The zero-order valence-corrected chi connectivity index (χ0v) is 50.8. The highest BCUT2D eigenvalue weighted by molar-refractivity contribution is 5.76. The van der Waals surface area contributed by atoms with Crippen LogP contribution in [0, 0.1) is 0 Å². The summed E-state index contributed by atoms with van der Waals surface area (Å²) in [6, 6.07) is -0.544. The van der Waals surface area contributed by atoms with Crippen molar-refractivity contribution in [2.24, 2.45) is 0 Å². The zero-order valence-electron chi connectivity index (χ0n) is 50.8. The van der Waals surface area contributed by atoms with Crippen LogP contribution in [0.3, 0.4) is 0 Å². The molecule has 2 atom stereocenters. The second kappa shape index (κ2) is 64.9. The van der Waals surface area contributed by atoms with E-state index in [-0.39, 0.29) is 18.5 Å². The van der Waals surface area contributed by atoms with Crippen LogP contribution in [0.15, 0.2) is 24.3 Å².